The number of amides is 1. The van der Waals surface area contributed by atoms with Gasteiger partial charge in [-0.1, -0.05) is 87.1 Å². The molecule has 0 heterocycles. The quantitative estimate of drug-likeness (QED) is 0.0579. The van der Waals surface area contributed by atoms with E-state index in [-0.39, 0.29) is 11.1 Å². The first-order valence-electron chi connectivity index (χ1n) is 21.9. The highest BCUT2D eigenvalue weighted by atomic mass is 33.1. The molecular formula is C45H84N4OS2. The summed E-state index contributed by atoms with van der Waals surface area (Å²) in [4.78, 5) is 15.4. The third-order valence-corrected chi connectivity index (χ3v) is 17.1. The molecule has 0 aromatic rings. The Bertz CT molecular complexity index is 1130. The van der Waals surface area contributed by atoms with Gasteiger partial charge in [-0.25, -0.2) is 0 Å². The number of nitrogens with zero attached hydrogens (tertiary/aromatic N) is 1. The molecule has 3 saturated carbocycles. The van der Waals surface area contributed by atoms with Crippen LogP contribution in [-0.2, 0) is 4.79 Å². The molecule has 52 heavy (non-hydrogen) atoms. The van der Waals surface area contributed by atoms with E-state index in [1.807, 2.05) is 27.2 Å². The van der Waals surface area contributed by atoms with Crippen LogP contribution in [0.1, 0.15) is 165 Å². The summed E-state index contributed by atoms with van der Waals surface area (Å²) in [5.41, 5.74) is 14.9. The number of nitrogens with one attached hydrogen (secondary N) is 1. The number of carbonyl (C=O) groups excluding carboxylic acids is 1. The molecular weight excluding hydrogens is 677 g/mol. The molecule has 0 aliphatic heterocycles. The molecule has 0 aromatic heterocycles. The van der Waals surface area contributed by atoms with Crippen LogP contribution in [0.25, 0.3) is 0 Å². The normalized spacial score (nSPS) is 31.2. The second-order valence-electron chi connectivity index (χ2n) is 20.6. The fraction of sp³-hybridized carbons (Fsp3) is 0.933. The molecule has 302 valence electrons. The first kappa shape index (κ1) is 44.5. The molecule has 5 nitrogen and oxygen atoms in total. The van der Waals surface area contributed by atoms with Gasteiger partial charge in [0.1, 0.15) is 0 Å². The lowest BCUT2D eigenvalue weighted by Gasteiger charge is -2.58. The summed E-state index contributed by atoms with van der Waals surface area (Å²) in [6.07, 6.45) is 22.9. The van der Waals surface area contributed by atoms with Gasteiger partial charge in [-0.2, -0.15) is 0 Å². The maximum Gasteiger partial charge on any atom is 0.223 e. The van der Waals surface area contributed by atoms with Gasteiger partial charge < -0.3 is 21.7 Å². The fourth-order valence-electron chi connectivity index (χ4n) is 11.3. The van der Waals surface area contributed by atoms with E-state index in [1.165, 1.54) is 76.4 Å². The Morgan fingerprint density at radius 2 is 1.65 bits per heavy atom. The molecule has 4 aliphatic rings. The lowest BCUT2D eigenvalue weighted by atomic mass is 9.46. The maximum absolute atomic E-state index is 13.3. The van der Waals surface area contributed by atoms with Crippen LogP contribution in [0.2, 0.25) is 0 Å². The first-order valence-corrected chi connectivity index (χ1v) is 24.4. The van der Waals surface area contributed by atoms with Gasteiger partial charge in [0.25, 0.3) is 0 Å². The third kappa shape index (κ3) is 12.7. The summed E-state index contributed by atoms with van der Waals surface area (Å²) in [6, 6.07) is 0. The number of hydrogen-bond donors (Lipinski definition) is 3. The minimum absolute atomic E-state index is 0.126. The van der Waals surface area contributed by atoms with Gasteiger partial charge in [-0.3, -0.25) is 4.79 Å². The van der Waals surface area contributed by atoms with Crippen molar-refractivity contribution in [3.05, 3.63) is 11.6 Å². The third-order valence-electron chi connectivity index (χ3n) is 14.5. The molecule has 0 unspecified atom stereocenters. The van der Waals surface area contributed by atoms with Crippen LogP contribution in [0.15, 0.2) is 11.6 Å². The molecule has 4 aliphatic carbocycles. The van der Waals surface area contributed by atoms with E-state index in [0.717, 1.165) is 99.0 Å². The minimum atomic E-state index is -0.257. The topological polar surface area (TPSA) is 84.4 Å². The smallest absolute Gasteiger partial charge is 0.223 e. The summed E-state index contributed by atoms with van der Waals surface area (Å²) in [5, 5.41) is 3.51. The van der Waals surface area contributed by atoms with E-state index in [9.17, 15) is 4.79 Å². The van der Waals surface area contributed by atoms with Crippen LogP contribution in [-0.4, -0.2) is 59.6 Å². The predicted molar refractivity (Wildman–Crippen MR) is 231 cm³/mol. The maximum atomic E-state index is 13.3. The molecule has 0 spiro atoms. The Hall–Kier alpha value is -0.210. The van der Waals surface area contributed by atoms with Gasteiger partial charge in [-0.15, -0.1) is 0 Å². The standard InChI is InChI=1S/C45H84N4OS2/c1-33(2)13-12-14-34(3)38-17-18-39-37-16-15-36-31-35(19-22-44(36,8)40(37)20-23-45(38,39)9)32-52-51-30-21-41(50)49(29-25-43(6,7)47)28-11-10-26-48-27-24-42(4,5)46/h15,33-35,37-40,48H,10-14,16-32,46-47H2,1-9H3/t34-,35+,37+,38-,39+,40+,44+,45-/m1/s1. The number of carbonyl (C=O) groups is 1. The van der Waals surface area contributed by atoms with Crippen molar-refractivity contribution in [3.63, 3.8) is 0 Å². The largest absolute Gasteiger partial charge is 0.343 e. The molecule has 0 saturated heterocycles. The van der Waals surface area contributed by atoms with E-state index in [1.54, 1.807) is 0 Å². The zero-order chi connectivity index (χ0) is 38.2. The second kappa shape index (κ2) is 19.8. The van der Waals surface area contributed by atoms with Crippen molar-refractivity contribution in [1.29, 1.82) is 0 Å². The van der Waals surface area contributed by atoms with E-state index in [2.05, 4.69) is 78.6 Å². The molecule has 3 fully saturated rings. The Labute approximate surface area is 330 Å². The second-order valence-corrected chi connectivity index (χ2v) is 23.2. The first-order chi connectivity index (χ1) is 24.4. The number of allylic oxidation sites excluding steroid dienone is 2. The van der Waals surface area contributed by atoms with E-state index >= 15 is 0 Å². The highest BCUT2D eigenvalue weighted by Crippen LogP contribution is 2.67. The monoisotopic (exact) mass is 761 g/mol. The van der Waals surface area contributed by atoms with Gasteiger partial charge in [-0.05, 0) is 170 Å². The van der Waals surface area contributed by atoms with Crippen molar-refractivity contribution in [2.75, 3.05) is 37.7 Å². The average molecular weight is 761 g/mol. The Morgan fingerprint density at radius 3 is 2.37 bits per heavy atom. The molecule has 1 amide bonds. The summed E-state index contributed by atoms with van der Waals surface area (Å²) < 4.78 is 0. The number of rotatable bonds is 22. The summed E-state index contributed by atoms with van der Waals surface area (Å²) >= 11 is 0. The molecule has 0 radical (unpaired) electrons. The average Bonchev–Trinajstić information content (AvgIpc) is 3.41. The van der Waals surface area contributed by atoms with Crippen molar-refractivity contribution < 1.29 is 4.79 Å². The number of fused-ring (bicyclic) bond motifs is 5. The van der Waals surface area contributed by atoms with Gasteiger partial charge in [0.2, 0.25) is 5.91 Å². The van der Waals surface area contributed by atoms with Gasteiger partial charge in [0, 0.05) is 42.1 Å². The zero-order valence-corrected chi connectivity index (χ0v) is 37.1. The lowest BCUT2D eigenvalue weighted by molar-refractivity contribution is -0.131. The SMILES string of the molecule is CC(C)CCC[C@@H](C)[C@H]1CC[C@H]2[C@@H]3CC=C4C[C@@H](CSSCCC(=O)N(CCCCNCCC(C)(C)N)CCC(C)(C)N)CC[C@]4(C)[C@H]3CC[C@]12C. The van der Waals surface area contributed by atoms with Crippen LogP contribution in [0.4, 0.5) is 0 Å². The van der Waals surface area contributed by atoms with Crippen LogP contribution in [0.3, 0.4) is 0 Å². The number of unbranched alkanes of at least 4 members (excludes halogenated alkanes) is 1. The summed E-state index contributed by atoms with van der Waals surface area (Å²) in [5.74, 6) is 8.64. The Kier molecular flexibility index (Phi) is 16.9. The molecule has 7 heteroatoms. The van der Waals surface area contributed by atoms with E-state index in [4.69, 9.17) is 11.5 Å². The van der Waals surface area contributed by atoms with E-state index < -0.39 is 0 Å². The highest BCUT2D eigenvalue weighted by Gasteiger charge is 2.59. The Balaban J connectivity index is 1.19. The number of nitrogens with two attached hydrogens (primary N) is 2. The minimum Gasteiger partial charge on any atom is -0.343 e. The Morgan fingerprint density at radius 1 is 0.904 bits per heavy atom. The van der Waals surface area contributed by atoms with Gasteiger partial charge >= 0.3 is 0 Å². The van der Waals surface area contributed by atoms with Crippen LogP contribution < -0.4 is 16.8 Å². The van der Waals surface area contributed by atoms with Crippen molar-refractivity contribution >= 4 is 27.5 Å². The number of hydrogen-bond acceptors (Lipinski definition) is 6. The summed E-state index contributed by atoms with van der Waals surface area (Å²) in [6.45, 7) is 24.6. The summed E-state index contributed by atoms with van der Waals surface area (Å²) in [7, 11) is 3.95. The fourth-order valence-corrected chi connectivity index (χ4v) is 13.7. The highest BCUT2D eigenvalue weighted by molar-refractivity contribution is 8.76. The van der Waals surface area contributed by atoms with Crippen molar-refractivity contribution in [1.82, 2.24) is 10.2 Å². The van der Waals surface area contributed by atoms with Crippen molar-refractivity contribution in [3.8, 4) is 0 Å². The van der Waals surface area contributed by atoms with E-state index in [0.29, 0.717) is 23.2 Å². The van der Waals surface area contributed by atoms with Crippen molar-refractivity contribution in [2.24, 2.45) is 63.7 Å². The molecule has 8 atom stereocenters. The van der Waals surface area contributed by atoms with Crippen LogP contribution in [0, 0.1) is 52.3 Å². The molecule has 0 aromatic carbocycles. The molecule has 0 bridgehead atoms. The lowest BCUT2D eigenvalue weighted by Crippen LogP contribution is -2.50. The van der Waals surface area contributed by atoms with Crippen LogP contribution >= 0.6 is 21.6 Å². The van der Waals surface area contributed by atoms with Gasteiger partial charge in [0.05, 0.1) is 0 Å². The van der Waals surface area contributed by atoms with Crippen molar-refractivity contribution in [2.45, 2.75) is 176 Å². The predicted octanol–water partition coefficient (Wildman–Crippen LogP) is 10.9. The molecule has 4 rings (SSSR count). The van der Waals surface area contributed by atoms with Gasteiger partial charge in [0.15, 0.2) is 0 Å². The zero-order valence-electron chi connectivity index (χ0n) is 35.5. The molecule has 5 N–H and O–H groups in total. The van der Waals surface area contributed by atoms with Crippen LogP contribution in [0.5, 0.6) is 0 Å².